The average molecular weight is 395 g/mol. The van der Waals surface area contributed by atoms with Gasteiger partial charge in [-0.3, -0.25) is 0 Å². The third-order valence-corrected chi connectivity index (χ3v) is 3.68. The molecule has 0 saturated heterocycles. The molecule has 2 aromatic carbocycles. The number of nitrogens with one attached hydrogen (secondary N) is 2. The van der Waals surface area contributed by atoms with Crippen molar-refractivity contribution in [3.63, 3.8) is 0 Å². The first-order chi connectivity index (χ1) is 11.1. The van der Waals surface area contributed by atoms with Gasteiger partial charge in [0.15, 0.2) is 5.56 Å². The minimum atomic E-state index is -0.470. The molecule has 1 heterocycles. The van der Waals surface area contributed by atoms with Crippen LogP contribution in [0.3, 0.4) is 0 Å². The summed E-state index contributed by atoms with van der Waals surface area (Å²) < 4.78 is 1.50. The van der Waals surface area contributed by atoms with Crippen LogP contribution >= 0.6 is 0 Å². The van der Waals surface area contributed by atoms with Crippen molar-refractivity contribution < 1.29 is 37.5 Å². The summed E-state index contributed by atoms with van der Waals surface area (Å²) in [6.45, 7) is 1.90. The first-order valence-corrected chi connectivity index (χ1v) is 7.21. The van der Waals surface area contributed by atoms with E-state index < -0.39 is 6.03 Å². The number of hydrogen-bond donors (Lipinski definition) is 2. The summed E-state index contributed by atoms with van der Waals surface area (Å²) in [6.07, 6.45) is 0. The summed E-state index contributed by atoms with van der Waals surface area (Å²) in [6, 6.07) is 17.3. The molecular formula is C18H16N3O2Y-. The van der Waals surface area contributed by atoms with Gasteiger partial charge >= 0.3 is 6.03 Å². The minimum absolute atomic E-state index is 0. The van der Waals surface area contributed by atoms with Crippen LogP contribution in [0, 0.1) is 13.0 Å². The van der Waals surface area contributed by atoms with Crippen LogP contribution in [0.5, 0.6) is 0 Å². The van der Waals surface area contributed by atoms with E-state index in [1.54, 1.807) is 13.1 Å². The number of aromatic nitrogens is 1. The first-order valence-electron chi connectivity index (χ1n) is 7.21. The zero-order valence-electron chi connectivity index (χ0n) is 13.5. The van der Waals surface area contributed by atoms with Gasteiger partial charge in [0.2, 0.25) is 0 Å². The van der Waals surface area contributed by atoms with Crippen molar-refractivity contribution in [1.29, 1.82) is 0 Å². The minimum Gasteiger partial charge on any atom is -0.390 e. The van der Waals surface area contributed by atoms with Crippen LogP contribution in [0.1, 0.15) is 5.56 Å². The molecule has 0 aliphatic carbocycles. The summed E-state index contributed by atoms with van der Waals surface area (Å²) in [5.41, 5.74) is 2.23. The molecule has 0 unspecified atom stereocenters. The van der Waals surface area contributed by atoms with Gasteiger partial charge in [0.1, 0.15) is 0 Å². The van der Waals surface area contributed by atoms with Gasteiger partial charge in [-0.05, 0) is 31.1 Å². The fraction of sp³-hybridized carbons (Fsp3) is 0.111. The third kappa shape index (κ3) is 3.74. The monoisotopic (exact) mass is 395 g/mol. The molecule has 2 N–H and O–H groups in total. The molecule has 0 saturated carbocycles. The number of rotatable bonds is 2. The number of pyridine rings is 1. The summed E-state index contributed by atoms with van der Waals surface area (Å²) in [4.78, 5) is 24.5. The van der Waals surface area contributed by atoms with Crippen molar-refractivity contribution >= 4 is 28.3 Å². The number of fused-ring (bicyclic) bond motifs is 1. The Labute approximate surface area is 165 Å². The van der Waals surface area contributed by atoms with Crippen molar-refractivity contribution in [2.75, 3.05) is 10.6 Å². The molecule has 0 atom stereocenters. The molecule has 119 valence electrons. The van der Waals surface area contributed by atoms with E-state index in [1.165, 1.54) is 4.57 Å². The van der Waals surface area contributed by atoms with Crippen LogP contribution in [-0.2, 0) is 39.8 Å². The van der Waals surface area contributed by atoms with E-state index in [9.17, 15) is 9.59 Å². The molecule has 0 aliphatic heterocycles. The number of nitrogens with zero attached hydrogens (tertiary/aromatic N) is 1. The number of benzene rings is 2. The topological polar surface area (TPSA) is 63.1 Å². The zero-order chi connectivity index (χ0) is 16.4. The van der Waals surface area contributed by atoms with E-state index in [0.29, 0.717) is 5.69 Å². The maximum atomic E-state index is 12.3. The van der Waals surface area contributed by atoms with E-state index in [-0.39, 0.29) is 44.0 Å². The molecule has 0 fully saturated rings. The molecule has 2 amide bonds. The normalized spacial score (nSPS) is 10.1. The summed E-state index contributed by atoms with van der Waals surface area (Å²) in [7, 11) is 1.67. The van der Waals surface area contributed by atoms with Crippen LogP contribution in [-0.4, -0.2) is 10.6 Å². The number of hydrogen-bond acceptors (Lipinski definition) is 2. The second-order valence-corrected chi connectivity index (χ2v) is 5.28. The second-order valence-electron chi connectivity index (χ2n) is 5.28. The van der Waals surface area contributed by atoms with Gasteiger partial charge in [-0.25, -0.2) is 4.79 Å². The van der Waals surface area contributed by atoms with Crippen LogP contribution in [0.15, 0.2) is 53.3 Å². The van der Waals surface area contributed by atoms with Gasteiger partial charge in [0.25, 0.3) is 0 Å². The zero-order valence-corrected chi connectivity index (χ0v) is 16.3. The van der Waals surface area contributed by atoms with Crippen molar-refractivity contribution in [1.82, 2.24) is 4.57 Å². The van der Waals surface area contributed by atoms with Gasteiger partial charge in [-0.15, -0.1) is 23.6 Å². The molecular weight excluding hydrogens is 379 g/mol. The average Bonchev–Trinajstić information content (AvgIpc) is 2.54. The Morgan fingerprint density at radius 2 is 1.71 bits per heavy atom. The fourth-order valence-electron chi connectivity index (χ4n) is 2.40. The molecule has 3 rings (SSSR count). The smallest absolute Gasteiger partial charge is 0.322 e. The van der Waals surface area contributed by atoms with Crippen molar-refractivity contribution in [3.05, 3.63) is 70.5 Å². The van der Waals surface area contributed by atoms with Crippen molar-refractivity contribution in [2.45, 2.75) is 6.92 Å². The quantitative estimate of drug-likeness (QED) is 0.655. The fourth-order valence-corrected chi connectivity index (χ4v) is 2.40. The van der Waals surface area contributed by atoms with Crippen LogP contribution < -0.4 is 16.2 Å². The van der Waals surface area contributed by atoms with Crippen molar-refractivity contribution in [2.24, 2.45) is 7.05 Å². The van der Waals surface area contributed by atoms with E-state index in [2.05, 4.69) is 16.7 Å². The number of amides is 2. The molecule has 1 aromatic heterocycles. The van der Waals surface area contributed by atoms with Gasteiger partial charge < -0.3 is 20.0 Å². The maximum Gasteiger partial charge on any atom is 0.322 e. The van der Waals surface area contributed by atoms with E-state index in [1.807, 2.05) is 49.4 Å². The molecule has 0 spiro atoms. The van der Waals surface area contributed by atoms with Gasteiger partial charge in [0.05, 0.1) is 0 Å². The molecule has 3 aromatic rings. The number of para-hydroxylation sites is 2. The maximum absolute atomic E-state index is 12.3. The number of carbonyl (C=O) groups excluding carboxylic acids is 1. The van der Waals surface area contributed by atoms with Gasteiger partial charge in [-0.2, -0.15) is 0 Å². The largest absolute Gasteiger partial charge is 0.390 e. The van der Waals surface area contributed by atoms with E-state index in [0.717, 1.165) is 16.5 Å². The number of aryl methyl sites for hydroxylation is 2. The summed E-state index contributed by atoms with van der Waals surface area (Å²) in [5, 5.41) is 6.08. The SMILES string of the molecule is Cc1ccccc1NC(=O)Nc1[c-]c2ccccc2n(C)c1=O.[Y]. The molecule has 0 bridgehead atoms. The number of anilines is 2. The van der Waals surface area contributed by atoms with E-state index in [4.69, 9.17) is 0 Å². The third-order valence-electron chi connectivity index (χ3n) is 3.68. The van der Waals surface area contributed by atoms with Gasteiger partial charge in [0, 0.05) is 44.1 Å². The Hall–Kier alpha value is -1.98. The Morgan fingerprint density at radius 1 is 1.04 bits per heavy atom. The summed E-state index contributed by atoms with van der Waals surface area (Å²) >= 11 is 0. The van der Waals surface area contributed by atoms with Gasteiger partial charge in [-0.1, -0.05) is 30.3 Å². The molecule has 24 heavy (non-hydrogen) atoms. The van der Waals surface area contributed by atoms with Crippen LogP contribution in [0.4, 0.5) is 16.2 Å². The predicted octanol–water partition coefficient (Wildman–Crippen LogP) is 3.29. The predicted molar refractivity (Wildman–Crippen MR) is 91.8 cm³/mol. The molecule has 0 aliphatic rings. The Bertz CT molecular complexity index is 950. The summed E-state index contributed by atoms with van der Waals surface area (Å²) in [5.74, 6) is 0. The number of carbonyl (C=O) groups is 1. The van der Waals surface area contributed by atoms with Crippen LogP contribution in [0.2, 0.25) is 0 Å². The Balaban J connectivity index is 0.00000208. The first kappa shape index (κ1) is 18.4. The molecule has 6 heteroatoms. The van der Waals surface area contributed by atoms with Crippen molar-refractivity contribution in [3.8, 4) is 0 Å². The standard InChI is InChI=1S/C18H16N3O2.Y/c1-12-7-3-5-9-14(12)19-18(23)20-15-11-13-8-4-6-10-16(13)21(2)17(15)22;/h3-10H,1-2H3,(H2,19,20,23);/q-1;. The Kier molecular flexibility index (Phi) is 5.91. The molecule has 1 radical (unpaired) electrons. The molecule has 5 nitrogen and oxygen atoms in total. The number of urea groups is 1. The van der Waals surface area contributed by atoms with Crippen LogP contribution in [0.25, 0.3) is 10.9 Å². The second kappa shape index (κ2) is 7.73. The van der Waals surface area contributed by atoms with E-state index >= 15 is 0 Å². The Morgan fingerprint density at radius 3 is 2.46 bits per heavy atom.